The molecule has 4 heteroatoms. The molecule has 0 unspecified atom stereocenters. The monoisotopic (exact) mass is 241 g/mol. The number of nitrogens with two attached hydrogens (primary N) is 1. The minimum absolute atomic E-state index is 0.393. The van der Waals surface area contributed by atoms with Gasteiger partial charge in [-0.25, -0.2) is 0 Å². The number of carbonyl (C=O) groups excluding carboxylic acids is 1. The van der Waals surface area contributed by atoms with E-state index < -0.39 is 5.91 Å². The van der Waals surface area contributed by atoms with Gasteiger partial charge in [-0.2, -0.15) is 0 Å². The largest absolute Gasteiger partial charge is 0.366 e. The van der Waals surface area contributed by atoms with Gasteiger partial charge in [-0.1, -0.05) is 6.07 Å². The lowest BCUT2D eigenvalue weighted by Gasteiger charge is -2.18. The molecule has 0 fully saturated rings. The Morgan fingerprint density at radius 2 is 2.17 bits per heavy atom. The summed E-state index contributed by atoms with van der Waals surface area (Å²) < 4.78 is 1.93. The van der Waals surface area contributed by atoms with Crippen LogP contribution in [0.2, 0.25) is 0 Å². The van der Waals surface area contributed by atoms with Crippen LogP contribution in [0.5, 0.6) is 0 Å². The summed E-state index contributed by atoms with van der Waals surface area (Å²) in [6.45, 7) is 1.96. The van der Waals surface area contributed by atoms with Crippen LogP contribution < -0.4 is 11.1 Å². The van der Waals surface area contributed by atoms with Gasteiger partial charge in [0.15, 0.2) is 0 Å². The minimum atomic E-state index is -0.393. The molecule has 0 radical (unpaired) electrons. The first-order valence-electron chi connectivity index (χ1n) is 6.05. The Morgan fingerprint density at radius 3 is 2.94 bits per heavy atom. The fourth-order valence-electron chi connectivity index (χ4n) is 2.33. The quantitative estimate of drug-likeness (QED) is 0.830. The van der Waals surface area contributed by atoms with Crippen molar-refractivity contribution in [1.29, 1.82) is 0 Å². The fraction of sp³-hybridized carbons (Fsp3) is 0.214. The molecular formula is C14H15N3O. The zero-order valence-corrected chi connectivity index (χ0v) is 10.0. The van der Waals surface area contributed by atoms with E-state index in [2.05, 4.69) is 23.5 Å². The summed E-state index contributed by atoms with van der Waals surface area (Å²) in [5.74, 6) is -0.393. The maximum atomic E-state index is 11.1. The smallest absolute Gasteiger partial charge is 0.250 e. The summed E-state index contributed by atoms with van der Waals surface area (Å²) in [7, 11) is 0. The molecule has 2 heterocycles. The SMILES string of the molecule is NC(=O)c1ccn(-c2ccc3c(c2)CCNC3)c1. The molecule has 18 heavy (non-hydrogen) atoms. The van der Waals surface area contributed by atoms with Gasteiger partial charge in [0, 0.05) is 24.6 Å². The summed E-state index contributed by atoms with van der Waals surface area (Å²) in [4.78, 5) is 11.1. The Bertz CT molecular complexity index is 601. The van der Waals surface area contributed by atoms with Crippen molar-refractivity contribution in [3.8, 4) is 5.69 Å². The third-order valence-electron chi connectivity index (χ3n) is 3.35. The summed E-state index contributed by atoms with van der Waals surface area (Å²) >= 11 is 0. The van der Waals surface area contributed by atoms with Gasteiger partial charge in [-0.05, 0) is 42.3 Å². The van der Waals surface area contributed by atoms with E-state index in [0.717, 1.165) is 25.2 Å². The molecule has 92 valence electrons. The average Bonchev–Trinajstić information content (AvgIpc) is 2.88. The van der Waals surface area contributed by atoms with E-state index in [1.165, 1.54) is 11.1 Å². The van der Waals surface area contributed by atoms with Gasteiger partial charge < -0.3 is 15.6 Å². The number of nitrogens with zero attached hydrogens (tertiary/aromatic N) is 1. The first-order valence-corrected chi connectivity index (χ1v) is 6.05. The normalized spacial score (nSPS) is 14.2. The summed E-state index contributed by atoms with van der Waals surface area (Å²) in [6, 6.07) is 8.13. The van der Waals surface area contributed by atoms with Crippen LogP contribution in [0.4, 0.5) is 0 Å². The summed E-state index contributed by atoms with van der Waals surface area (Å²) in [5, 5.41) is 3.35. The van der Waals surface area contributed by atoms with Crippen molar-refractivity contribution < 1.29 is 4.79 Å². The second-order valence-electron chi connectivity index (χ2n) is 4.55. The molecule has 3 N–H and O–H groups in total. The fourth-order valence-corrected chi connectivity index (χ4v) is 2.33. The van der Waals surface area contributed by atoms with E-state index in [4.69, 9.17) is 5.73 Å². The number of hydrogen-bond donors (Lipinski definition) is 2. The molecule has 0 aliphatic carbocycles. The van der Waals surface area contributed by atoms with Crippen LogP contribution in [0, 0.1) is 0 Å². The van der Waals surface area contributed by atoms with Crippen LogP contribution in [0.25, 0.3) is 5.69 Å². The molecule has 3 rings (SSSR count). The number of carbonyl (C=O) groups is 1. The number of benzene rings is 1. The number of hydrogen-bond acceptors (Lipinski definition) is 2. The molecule has 0 saturated heterocycles. The zero-order valence-electron chi connectivity index (χ0n) is 10.0. The molecule has 0 saturated carbocycles. The van der Waals surface area contributed by atoms with Crippen LogP contribution in [0.3, 0.4) is 0 Å². The van der Waals surface area contributed by atoms with Gasteiger partial charge in [0.2, 0.25) is 5.91 Å². The van der Waals surface area contributed by atoms with Crippen molar-refractivity contribution in [2.75, 3.05) is 6.54 Å². The van der Waals surface area contributed by atoms with Gasteiger partial charge in [-0.15, -0.1) is 0 Å². The van der Waals surface area contributed by atoms with E-state index >= 15 is 0 Å². The van der Waals surface area contributed by atoms with Crippen LogP contribution in [-0.4, -0.2) is 17.0 Å². The van der Waals surface area contributed by atoms with Crippen molar-refractivity contribution in [3.05, 3.63) is 53.3 Å². The first-order chi connectivity index (χ1) is 8.74. The standard InChI is InChI=1S/C14H15N3O/c15-14(18)12-4-6-17(9-12)13-2-1-11-8-16-5-3-10(11)7-13/h1-2,4,6-7,9,16H,3,5,8H2,(H2,15,18). The Morgan fingerprint density at radius 1 is 1.28 bits per heavy atom. The molecule has 4 nitrogen and oxygen atoms in total. The molecule has 1 aromatic carbocycles. The lowest BCUT2D eigenvalue weighted by atomic mass is 10.0. The minimum Gasteiger partial charge on any atom is -0.366 e. The second kappa shape index (κ2) is 4.31. The Hall–Kier alpha value is -2.07. The van der Waals surface area contributed by atoms with Crippen LogP contribution in [0.1, 0.15) is 21.5 Å². The molecule has 1 aromatic heterocycles. The lowest BCUT2D eigenvalue weighted by Crippen LogP contribution is -2.23. The van der Waals surface area contributed by atoms with Gasteiger partial charge in [0.05, 0.1) is 5.56 Å². The molecule has 2 aromatic rings. The van der Waals surface area contributed by atoms with Crippen molar-refractivity contribution >= 4 is 5.91 Å². The molecule has 1 amide bonds. The number of amides is 1. The van der Waals surface area contributed by atoms with E-state index in [1.807, 2.05) is 10.8 Å². The van der Waals surface area contributed by atoms with Crippen molar-refractivity contribution in [3.63, 3.8) is 0 Å². The number of fused-ring (bicyclic) bond motifs is 1. The van der Waals surface area contributed by atoms with Crippen molar-refractivity contribution in [2.24, 2.45) is 5.73 Å². The topological polar surface area (TPSA) is 60.1 Å². The molecular weight excluding hydrogens is 226 g/mol. The Labute approximate surface area is 105 Å². The van der Waals surface area contributed by atoms with Gasteiger partial charge in [-0.3, -0.25) is 4.79 Å². The van der Waals surface area contributed by atoms with E-state index in [9.17, 15) is 4.79 Å². The predicted octanol–water partition coefficient (Wildman–Crippen LogP) is 1.22. The summed E-state index contributed by atoms with van der Waals surface area (Å²) in [6.07, 6.45) is 4.68. The summed E-state index contributed by atoms with van der Waals surface area (Å²) in [5.41, 5.74) is 9.59. The van der Waals surface area contributed by atoms with E-state index in [0.29, 0.717) is 5.56 Å². The van der Waals surface area contributed by atoms with E-state index in [1.54, 1.807) is 12.3 Å². The molecule has 0 atom stereocenters. The van der Waals surface area contributed by atoms with Crippen LogP contribution >= 0.6 is 0 Å². The molecule has 1 aliphatic rings. The highest BCUT2D eigenvalue weighted by Gasteiger charge is 2.10. The third-order valence-corrected chi connectivity index (χ3v) is 3.35. The highest BCUT2D eigenvalue weighted by Crippen LogP contribution is 2.19. The molecule has 0 spiro atoms. The number of nitrogens with one attached hydrogen (secondary N) is 1. The van der Waals surface area contributed by atoms with Crippen LogP contribution in [-0.2, 0) is 13.0 Å². The first kappa shape index (κ1) is 11.0. The van der Waals surface area contributed by atoms with E-state index in [-0.39, 0.29) is 0 Å². The Kier molecular flexibility index (Phi) is 2.64. The lowest BCUT2D eigenvalue weighted by molar-refractivity contribution is 0.100. The zero-order chi connectivity index (χ0) is 12.5. The van der Waals surface area contributed by atoms with Gasteiger partial charge in [0.1, 0.15) is 0 Å². The number of aromatic nitrogens is 1. The maximum Gasteiger partial charge on any atom is 0.250 e. The number of rotatable bonds is 2. The average molecular weight is 241 g/mol. The predicted molar refractivity (Wildman–Crippen MR) is 69.7 cm³/mol. The van der Waals surface area contributed by atoms with Gasteiger partial charge >= 0.3 is 0 Å². The molecule has 1 aliphatic heterocycles. The molecule has 0 bridgehead atoms. The van der Waals surface area contributed by atoms with Gasteiger partial charge in [0.25, 0.3) is 0 Å². The number of primary amides is 1. The van der Waals surface area contributed by atoms with Crippen molar-refractivity contribution in [1.82, 2.24) is 9.88 Å². The highest BCUT2D eigenvalue weighted by molar-refractivity contribution is 5.92. The maximum absolute atomic E-state index is 11.1. The highest BCUT2D eigenvalue weighted by atomic mass is 16.1. The second-order valence-corrected chi connectivity index (χ2v) is 4.55. The third kappa shape index (κ3) is 1.91. The van der Waals surface area contributed by atoms with Crippen molar-refractivity contribution in [2.45, 2.75) is 13.0 Å². The Balaban J connectivity index is 1.98. The van der Waals surface area contributed by atoms with Crippen LogP contribution in [0.15, 0.2) is 36.7 Å².